The Bertz CT molecular complexity index is 684. The predicted molar refractivity (Wildman–Crippen MR) is 96.0 cm³/mol. The Balaban J connectivity index is 1.96. The van der Waals surface area contributed by atoms with Gasteiger partial charge in [-0.05, 0) is 50.2 Å². The number of hydrogen-bond acceptors (Lipinski definition) is 5. The van der Waals surface area contributed by atoms with Crippen molar-refractivity contribution in [3.63, 3.8) is 0 Å². The molecular formula is C20H27NO4. The average molecular weight is 345 g/mol. The van der Waals surface area contributed by atoms with E-state index in [0.717, 1.165) is 43.1 Å². The number of carbonyl (C=O) groups excluding carboxylic acids is 1. The summed E-state index contributed by atoms with van der Waals surface area (Å²) in [5.74, 6) is 2.15. The van der Waals surface area contributed by atoms with Gasteiger partial charge in [-0.2, -0.15) is 0 Å². The van der Waals surface area contributed by atoms with Crippen LogP contribution in [0.2, 0.25) is 0 Å². The summed E-state index contributed by atoms with van der Waals surface area (Å²) >= 11 is 0. The molecule has 0 radical (unpaired) electrons. The molecular weight excluding hydrogens is 318 g/mol. The fourth-order valence-electron chi connectivity index (χ4n) is 4.16. The number of allylic oxidation sites excluding steroid dienone is 1. The fraction of sp³-hybridized carbons (Fsp3) is 0.550. The third-order valence-corrected chi connectivity index (χ3v) is 5.60. The van der Waals surface area contributed by atoms with E-state index in [1.807, 2.05) is 13.0 Å². The minimum absolute atomic E-state index is 0.0242. The molecule has 0 N–H and O–H groups in total. The molecule has 0 bridgehead atoms. The molecule has 1 heterocycles. The molecule has 1 aliphatic carbocycles. The van der Waals surface area contributed by atoms with Gasteiger partial charge in [-0.15, -0.1) is 0 Å². The minimum atomic E-state index is -0.162. The second-order valence-electron chi connectivity index (χ2n) is 6.86. The Morgan fingerprint density at radius 3 is 2.68 bits per heavy atom. The number of hydrogen-bond donors (Lipinski definition) is 0. The first-order valence-electron chi connectivity index (χ1n) is 8.88. The number of likely N-dealkylation sites (tertiary alicyclic amines) is 1. The molecule has 1 aliphatic heterocycles. The van der Waals surface area contributed by atoms with Crippen LogP contribution >= 0.6 is 0 Å². The molecule has 5 nitrogen and oxygen atoms in total. The molecule has 0 unspecified atom stereocenters. The molecule has 1 fully saturated rings. The Kier molecular flexibility index (Phi) is 5.04. The molecule has 2 aliphatic rings. The summed E-state index contributed by atoms with van der Waals surface area (Å²) in [4.78, 5) is 14.0. The number of methoxy groups -OCH3 is 2. The van der Waals surface area contributed by atoms with Crippen LogP contribution in [0, 0.1) is 0 Å². The zero-order valence-electron chi connectivity index (χ0n) is 15.5. The average Bonchev–Trinajstić information content (AvgIpc) is 2.98. The lowest BCUT2D eigenvalue weighted by Crippen LogP contribution is -2.42. The number of benzene rings is 1. The number of rotatable bonds is 5. The highest BCUT2D eigenvalue weighted by atomic mass is 16.5. The molecule has 3 rings (SSSR count). The number of ether oxygens (including phenoxy) is 3. The van der Waals surface area contributed by atoms with E-state index in [4.69, 9.17) is 14.2 Å². The first-order valence-corrected chi connectivity index (χ1v) is 8.88. The van der Waals surface area contributed by atoms with Crippen LogP contribution in [-0.2, 0) is 14.9 Å². The zero-order valence-corrected chi connectivity index (χ0v) is 15.5. The topological polar surface area (TPSA) is 48.0 Å². The number of nitrogens with zero attached hydrogens (tertiary/aromatic N) is 1. The van der Waals surface area contributed by atoms with E-state index in [1.165, 1.54) is 5.56 Å². The summed E-state index contributed by atoms with van der Waals surface area (Å²) < 4.78 is 16.4. The predicted octanol–water partition coefficient (Wildman–Crippen LogP) is 3.28. The smallest absolute Gasteiger partial charge is 0.310 e. The van der Waals surface area contributed by atoms with Crippen molar-refractivity contribution in [2.45, 2.75) is 44.1 Å². The number of esters is 1. The monoisotopic (exact) mass is 345 g/mol. The van der Waals surface area contributed by atoms with Crippen LogP contribution < -0.4 is 9.47 Å². The molecule has 0 amide bonds. The van der Waals surface area contributed by atoms with Gasteiger partial charge in [0.15, 0.2) is 11.5 Å². The maximum Gasteiger partial charge on any atom is 0.310 e. The highest BCUT2D eigenvalue weighted by molar-refractivity contribution is 5.70. The summed E-state index contributed by atoms with van der Waals surface area (Å²) in [6.07, 6.45) is 5.36. The fourth-order valence-corrected chi connectivity index (χ4v) is 4.16. The quantitative estimate of drug-likeness (QED) is 0.767. The molecule has 0 saturated carbocycles. The molecule has 0 aromatic heterocycles. The molecule has 2 atom stereocenters. The van der Waals surface area contributed by atoms with Crippen LogP contribution in [-0.4, -0.2) is 44.7 Å². The lowest BCUT2D eigenvalue weighted by atomic mass is 9.68. The first-order chi connectivity index (χ1) is 12.0. The van der Waals surface area contributed by atoms with Crippen LogP contribution in [0.4, 0.5) is 0 Å². The highest BCUT2D eigenvalue weighted by Gasteiger charge is 2.48. The maximum atomic E-state index is 11.7. The minimum Gasteiger partial charge on any atom is -0.493 e. The van der Waals surface area contributed by atoms with E-state index in [2.05, 4.69) is 30.2 Å². The van der Waals surface area contributed by atoms with E-state index >= 15 is 0 Å². The SMILES string of the molecule is CCC(=O)OC1=C[C@@H]2N(C)CC[C@]2(c2ccc(OC)c(OC)c2)CC1. The summed E-state index contributed by atoms with van der Waals surface area (Å²) in [6.45, 7) is 2.84. The zero-order chi connectivity index (χ0) is 18.0. The number of carbonyl (C=O) groups is 1. The van der Waals surface area contributed by atoms with Gasteiger partial charge in [-0.3, -0.25) is 9.69 Å². The Morgan fingerprint density at radius 2 is 2.00 bits per heavy atom. The third kappa shape index (κ3) is 3.13. The number of fused-ring (bicyclic) bond motifs is 1. The van der Waals surface area contributed by atoms with Crippen molar-refractivity contribution in [3.05, 3.63) is 35.6 Å². The van der Waals surface area contributed by atoms with Crippen LogP contribution in [0.15, 0.2) is 30.0 Å². The van der Waals surface area contributed by atoms with Gasteiger partial charge >= 0.3 is 5.97 Å². The molecule has 0 spiro atoms. The number of likely N-dealkylation sites (N-methyl/N-ethyl adjacent to an activating group) is 1. The molecule has 5 heteroatoms. The van der Waals surface area contributed by atoms with Crippen molar-refractivity contribution < 1.29 is 19.0 Å². The van der Waals surface area contributed by atoms with Gasteiger partial charge in [0.05, 0.1) is 14.2 Å². The van der Waals surface area contributed by atoms with Gasteiger partial charge in [0, 0.05) is 24.3 Å². The molecule has 1 saturated heterocycles. The largest absolute Gasteiger partial charge is 0.493 e. The Morgan fingerprint density at radius 1 is 1.24 bits per heavy atom. The lowest BCUT2D eigenvalue weighted by molar-refractivity contribution is -0.139. The van der Waals surface area contributed by atoms with Gasteiger partial charge in [0.25, 0.3) is 0 Å². The van der Waals surface area contributed by atoms with Crippen molar-refractivity contribution in [2.75, 3.05) is 27.8 Å². The van der Waals surface area contributed by atoms with Gasteiger partial charge < -0.3 is 14.2 Å². The van der Waals surface area contributed by atoms with Crippen LogP contribution in [0.25, 0.3) is 0 Å². The van der Waals surface area contributed by atoms with E-state index in [1.54, 1.807) is 14.2 Å². The van der Waals surface area contributed by atoms with Crippen LogP contribution in [0.1, 0.15) is 38.2 Å². The van der Waals surface area contributed by atoms with E-state index in [9.17, 15) is 4.79 Å². The standard InChI is InChI=1S/C20H27NO4/c1-5-19(22)25-15-8-9-20(10-11-21(2)18(20)13-15)14-6-7-16(23-3)17(12-14)24-4/h6-7,12-13,18H,5,8-11H2,1-4H3/t18-,20-/m0/s1. The second kappa shape index (κ2) is 7.08. The summed E-state index contributed by atoms with van der Waals surface area (Å²) in [6, 6.07) is 6.44. The van der Waals surface area contributed by atoms with Crippen LogP contribution in [0.5, 0.6) is 11.5 Å². The maximum absolute atomic E-state index is 11.7. The van der Waals surface area contributed by atoms with Crippen LogP contribution in [0.3, 0.4) is 0 Å². The van der Waals surface area contributed by atoms with Gasteiger partial charge in [-0.25, -0.2) is 0 Å². The van der Waals surface area contributed by atoms with Gasteiger partial charge in [0.2, 0.25) is 0 Å². The van der Waals surface area contributed by atoms with Crippen molar-refractivity contribution in [1.29, 1.82) is 0 Å². The Labute approximate surface area is 149 Å². The van der Waals surface area contributed by atoms with Crippen molar-refractivity contribution in [3.8, 4) is 11.5 Å². The first kappa shape index (κ1) is 17.8. The highest BCUT2D eigenvalue weighted by Crippen LogP contribution is 2.49. The molecule has 25 heavy (non-hydrogen) atoms. The second-order valence-corrected chi connectivity index (χ2v) is 6.86. The molecule has 1 aromatic carbocycles. The molecule has 136 valence electrons. The van der Waals surface area contributed by atoms with E-state index in [0.29, 0.717) is 6.42 Å². The van der Waals surface area contributed by atoms with E-state index < -0.39 is 0 Å². The van der Waals surface area contributed by atoms with Crippen molar-refractivity contribution in [1.82, 2.24) is 4.90 Å². The van der Waals surface area contributed by atoms with Crippen molar-refractivity contribution >= 4 is 5.97 Å². The molecule has 1 aromatic rings. The summed E-state index contributed by atoms with van der Waals surface area (Å²) in [5, 5.41) is 0. The normalized spacial score (nSPS) is 25.9. The summed E-state index contributed by atoms with van der Waals surface area (Å²) in [5.41, 5.74) is 1.28. The third-order valence-electron chi connectivity index (χ3n) is 5.60. The summed E-state index contributed by atoms with van der Waals surface area (Å²) in [7, 11) is 5.45. The van der Waals surface area contributed by atoms with Gasteiger partial charge in [0.1, 0.15) is 5.76 Å². The van der Waals surface area contributed by atoms with E-state index in [-0.39, 0.29) is 17.4 Å². The lowest BCUT2D eigenvalue weighted by Gasteiger charge is -2.40. The van der Waals surface area contributed by atoms with Gasteiger partial charge in [-0.1, -0.05) is 13.0 Å². The Hall–Kier alpha value is -2.01. The van der Waals surface area contributed by atoms with Crippen molar-refractivity contribution in [2.24, 2.45) is 0 Å².